The molecule has 0 radical (unpaired) electrons. The number of halogens is 3. The average molecular weight is 554 g/mol. The zero-order valence-corrected chi connectivity index (χ0v) is 20.8. The number of methoxy groups -OCH3 is 1. The van der Waals surface area contributed by atoms with Crippen molar-refractivity contribution in [2.75, 3.05) is 23.3 Å². The molecule has 0 aliphatic carbocycles. The van der Waals surface area contributed by atoms with Crippen LogP contribution in [0, 0.1) is 17.5 Å². The quantitative estimate of drug-likeness (QED) is 0.281. The second kappa shape index (κ2) is 9.72. The molecule has 0 fully saturated rings. The molecule has 39 heavy (non-hydrogen) atoms. The average Bonchev–Trinajstić information content (AvgIpc) is 2.91. The van der Waals surface area contributed by atoms with Gasteiger partial charge in [0, 0.05) is 23.3 Å². The minimum Gasteiger partial charge on any atom is -0.494 e. The van der Waals surface area contributed by atoms with Gasteiger partial charge in [0.25, 0.3) is 10.0 Å². The Morgan fingerprint density at radius 1 is 0.923 bits per heavy atom. The first kappa shape index (κ1) is 25.7. The van der Waals surface area contributed by atoms with Crippen molar-refractivity contribution in [1.82, 2.24) is 19.9 Å². The van der Waals surface area contributed by atoms with Gasteiger partial charge in [0.1, 0.15) is 33.6 Å². The summed E-state index contributed by atoms with van der Waals surface area (Å²) in [4.78, 5) is 15.6. The third-order valence-corrected chi connectivity index (χ3v) is 7.06. The lowest BCUT2D eigenvalue weighted by Gasteiger charge is -2.14. The number of rotatable bonds is 6. The number of aromatic nitrogens is 4. The summed E-state index contributed by atoms with van der Waals surface area (Å²) < 4.78 is 76.2. The van der Waals surface area contributed by atoms with Gasteiger partial charge in [-0.2, -0.15) is 0 Å². The number of fused-ring (bicyclic) bond motifs is 1. The third-order valence-electron chi connectivity index (χ3n) is 5.68. The second-order valence-electron chi connectivity index (χ2n) is 8.18. The number of nitrogens with two attached hydrogens (primary N) is 2. The molecular weight excluding hydrogens is 535 g/mol. The largest absolute Gasteiger partial charge is 0.494 e. The molecular formula is C25H18F3N7O3S. The number of sulfonamides is 1. The molecule has 14 heteroatoms. The van der Waals surface area contributed by atoms with Crippen LogP contribution in [0.15, 0.2) is 65.8 Å². The lowest BCUT2D eigenvalue weighted by atomic mass is 10.0. The molecule has 2 heterocycles. The molecule has 0 saturated heterocycles. The Morgan fingerprint density at radius 3 is 2.38 bits per heavy atom. The Hall–Kier alpha value is -4.98. The standard InChI is InChI=1S/C25H18F3N7O3S/c1-38-19-8-12(7-16-22(19)33-24(34-23(16)29)13-10-31-25(30)32-11-13)15-3-2-4-18(21(15)28)35-39(36,37)20-9-14(26)5-6-17(20)27/h2-11,35H,1H3,(H2,29,33,34)(H2,30,31,32). The zero-order chi connectivity index (χ0) is 27.9. The van der Waals surface area contributed by atoms with Gasteiger partial charge < -0.3 is 16.2 Å². The summed E-state index contributed by atoms with van der Waals surface area (Å²) in [5.74, 6) is -2.59. The summed E-state index contributed by atoms with van der Waals surface area (Å²) in [6, 6.07) is 8.86. The second-order valence-corrected chi connectivity index (χ2v) is 9.84. The van der Waals surface area contributed by atoms with E-state index in [1.54, 1.807) is 0 Å². The van der Waals surface area contributed by atoms with Gasteiger partial charge in [0.05, 0.1) is 18.4 Å². The molecule has 0 amide bonds. The van der Waals surface area contributed by atoms with Crippen molar-refractivity contribution in [3.05, 3.63) is 78.4 Å². The molecule has 2 aromatic heterocycles. The van der Waals surface area contributed by atoms with Crippen LogP contribution in [0.5, 0.6) is 5.75 Å². The van der Waals surface area contributed by atoms with Crippen LogP contribution in [0.3, 0.4) is 0 Å². The summed E-state index contributed by atoms with van der Waals surface area (Å²) in [6.07, 6.45) is 2.86. The molecule has 0 bridgehead atoms. The Kier molecular flexibility index (Phi) is 6.39. The van der Waals surface area contributed by atoms with Gasteiger partial charge in [0.2, 0.25) is 5.95 Å². The normalized spacial score (nSPS) is 11.5. The van der Waals surface area contributed by atoms with Gasteiger partial charge in [-0.05, 0) is 42.0 Å². The molecule has 0 unspecified atom stereocenters. The van der Waals surface area contributed by atoms with Crippen molar-refractivity contribution in [1.29, 1.82) is 0 Å². The first-order valence-corrected chi connectivity index (χ1v) is 12.6. The first-order valence-electron chi connectivity index (χ1n) is 11.1. The van der Waals surface area contributed by atoms with Crippen LogP contribution in [0.25, 0.3) is 33.4 Å². The van der Waals surface area contributed by atoms with E-state index in [0.717, 1.165) is 12.1 Å². The zero-order valence-electron chi connectivity index (χ0n) is 20.0. The maximum atomic E-state index is 15.6. The molecule has 0 atom stereocenters. The van der Waals surface area contributed by atoms with E-state index < -0.39 is 38.1 Å². The van der Waals surface area contributed by atoms with Crippen LogP contribution in [-0.4, -0.2) is 35.5 Å². The van der Waals surface area contributed by atoms with Crippen LogP contribution in [-0.2, 0) is 10.0 Å². The van der Waals surface area contributed by atoms with E-state index in [9.17, 15) is 17.2 Å². The topological polar surface area (TPSA) is 159 Å². The van der Waals surface area contributed by atoms with Gasteiger partial charge in [-0.25, -0.2) is 41.5 Å². The van der Waals surface area contributed by atoms with Crippen molar-refractivity contribution in [2.24, 2.45) is 0 Å². The van der Waals surface area contributed by atoms with Gasteiger partial charge in [0.15, 0.2) is 11.6 Å². The molecule has 5 N–H and O–H groups in total. The van der Waals surface area contributed by atoms with Crippen molar-refractivity contribution in [3.8, 4) is 28.3 Å². The highest BCUT2D eigenvalue weighted by Crippen LogP contribution is 2.37. The predicted octanol–water partition coefficient (Wildman–Crippen LogP) is 4.14. The Labute approximate surface area is 219 Å². The number of anilines is 3. The van der Waals surface area contributed by atoms with E-state index in [-0.39, 0.29) is 34.5 Å². The summed E-state index contributed by atoms with van der Waals surface area (Å²) in [7, 11) is -3.28. The molecule has 10 nitrogen and oxygen atoms in total. The van der Waals surface area contributed by atoms with Gasteiger partial charge >= 0.3 is 0 Å². The maximum Gasteiger partial charge on any atom is 0.265 e. The van der Waals surface area contributed by atoms with Crippen LogP contribution >= 0.6 is 0 Å². The number of nitrogen functional groups attached to an aromatic ring is 2. The van der Waals surface area contributed by atoms with Crippen molar-refractivity contribution >= 4 is 38.4 Å². The number of ether oxygens (including phenoxy) is 1. The first-order chi connectivity index (χ1) is 18.6. The van der Waals surface area contributed by atoms with Crippen LogP contribution in [0.1, 0.15) is 0 Å². The minimum absolute atomic E-state index is 0.0366. The highest BCUT2D eigenvalue weighted by molar-refractivity contribution is 7.92. The van der Waals surface area contributed by atoms with E-state index >= 15 is 4.39 Å². The van der Waals surface area contributed by atoms with Crippen molar-refractivity contribution in [3.63, 3.8) is 0 Å². The van der Waals surface area contributed by atoms with Crippen molar-refractivity contribution in [2.45, 2.75) is 4.90 Å². The van der Waals surface area contributed by atoms with Gasteiger partial charge in [-0.1, -0.05) is 12.1 Å². The number of benzene rings is 3. The molecule has 198 valence electrons. The van der Waals surface area contributed by atoms with E-state index in [1.165, 1.54) is 43.8 Å². The maximum absolute atomic E-state index is 15.6. The van der Waals surface area contributed by atoms with E-state index in [1.807, 2.05) is 4.72 Å². The lowest BCUT2D eigenvalue weighted by Crippen LogP contribution is -2.16. The van der Waals surface area contributed by atoms with E-state index in [2.05, 4.69) is 19.9 Å². The molecule has 0 saturated carbocycles. The Bertz CT molecular complexity index is 1850. The van der Waals surface area contributed by atoms with Crippen molar-refractivity contribution < 1.29 is 26.3 Å². The summed E-state index contributed by atoms with van der Waals surface area (Å²) >= 11 is 0. The molecule has 0 spiro atoms. The predicted molar refractivity (Wildman–Crippen MR) is 139 cm³/mol. The number of nitrogens with one attached hydrogen (secondary N) is 1. The number of hydrogen-bond acceptors (Lipinski definition) is 9. The summed E-state index contributed by atoms with van der Waals surface area (Å²) in [5, 5.41) is 0.330. The molecule has 3 aromatic carbocycles. The highest BCUT2D eigenvalue weighted by atomic mass is 32.2. The SMILES string of the molecule is COc1cc(-c2cccc(NS(=O)(=O)c3cc(F)ccc3F)c2F)cc2c(N)nc(-c3cnc(N)nc3)nc12. The lowest BCUT2D eigenvalue weighted by molar-refractivity contribution is 0.419. The van der Waals surface area contributed by atoms with Gasteiger partial charge in [-0.3, -0.25) is 4.72 Å². The summed E-state index contributed by atoms with van der Waals surface area (Å²) in [5.41, 5.74) is 12.2. The third kappa shape index (κ3) is 4.84. The monoisotopic (exact) mass is 553 g/mol. The summed E-state index contributed by atoms with van der Waals surface area (Å²) in [6.45, 7) is 0. The fourth-order valence-corrected chi connectivity index (χ4v) is 4.98. The Morgan fingerprint density at radius 2 is 1.67 bits per heavy atom. The highest BCUT2D eigenvalue weighted by Gasteiger charge is 2.23. The fraction of sp³-hybridized carbons (Fsp3) is 0.0400. The molecule has 5 aromatic rings. The van der Waals surface area contributed by atoms with Crippen LogP contribution < -0.4 is 20.9 Å². The number of hydrogen-bond donors (Lipinski definition) is 3. The Balaban J connectivity index is 1.59. The van der Waals surface area contributed by atoms with E-state index in [4.69, 9.17) is 16.2 Å². The smallest absolute Gasteiger partial charge is 0.265 e. The minimum atomic E-state index is -4.66. The molecule has 0 aliphatic heterocycles. The number of nitrogens with zero attached hydrogens (tertiary/aromatic N) is 4. The molecule has 5 rings (SSSR count). The van der Waals surface area contributed by atoms with Crippen LogP contribution in [0.2, 0.25) is 0 Å². The van der Waals surface area contributed by atoms with E-state index in [0.29, 0.717) is 28.6 Å². The molecule has 0 aliphatic rings. The fourth-order valence-electron chi connectivity index (χ4n) is 3.83. The van der Waals surface area contributed by atoms with Gasteiger partial charge in [-0.15, -0.1) is 0 Å². The van der Waals surface area contributed by atoms with Crippen LogP contribution in [0.4, 0.5) is 30.6 Å².